The van der Waals surface area contributed by atoms with Crippen molar-refractivity contribution in [1.29, 1.82) is 0 Å². The molecule has 0 unspecified atom stereocenters. The number of methoxy groups -OCH3 is 1. The van der Waals surface area contributed by atoms with Crippen LogP contribution in [0.4, 0.5) is 0 Å². The predicted octanol–water partition coefficient (Wildman–Crippen LogP) is 4.55. The molecule has 0 atom stereocenters. The number of halogens is 2. The van der Waals surface area contributed by atoms with Gasteiger partial charge < -0.3 is 9.30 Å². The summed E-state index contributed by atoms with van der Waals surface area (Å²) in [4.78, 5) is 28.0. The maximum atomic E-state index is 13.7. The number of hydrogen-bond acceptors (Lipinski definition) is 5. The Morgan fingerprint density at radius 1 is 0.968 bits per heavy atom. The van der Waals surface area contributed by atoms with Crippen molar-refractivity contribution < 1.29 is 4.74 Å². The number of rotatable bonds is 4. The molecule has 0 N–H and O–H groups in total. The van der Waals surface area contributed by atoms with Crippen LogP contribution in [-0.4, -0.2) is 37.8 Å². The van der Waals surface area contributed by atoms with Crippen molar-refractivity contribution in [3.05, 3.63) is 68.7 Å². The smallest absolute Gasteiger partial charge is 0.269 e. The van der Waals surface area contributed by atoms with Gasteiger partial charge in [0.1, 0.15) is 16.7 Å². The Hall–Kier alpha value is -3.00. The van der Waals surface area contributed by atoms with E-state index in [0.29, 0.717) is 62.4 Å². The highest BCUT2D eigenvalue weighted by Gasteiger charge is 2.21. The lowest BCUT2D eigenvalue weighted by molar-refractivity contribution is 0.189. The minimum Gasteiger partial charge on any atom is -0.383 e. The minimum absolute atomic E-state index is 0.244. The molecule has 7 nitrogen and oxygen atoms in total. The second kappa shape index (κ2) is 7.60. The molecule has 0 saturated heterocycles. The molecule has 0 aliphatic carbocycles. The quantitative estimate of drug-likeness (QED) is 0.399. The third kappa shape index (κ3) is 3.17. The molecular formula is C22H17Cl2N5O2. The van der Waals surface area contributed by atoms with E-state index < -0.39 is 0 Å². The molecule has 0 fully saturated rings. The number of hydrogen-bond donors (Lipinski definition) is 0. The van der Waals surface area contributed by atoms with Gasteiger partial charge in [-0.3, -0.25) is 9.36 Å². The predicted molar refractivity (Wildman–Crippen MR) is 123 cm³/mol. The van der Waals surface area contributed by atoms with Crippen molar-refractivity contribution in [3.63, 3.8) is 0 Å². The Kier molecular flexibility index (Phi) is 4.89. The van der Waals surface area contributed by atoms with Crippen LogP contribution < -0.4 is 5.56 Å². The lowest BCUT2D eigenvalue weighted by Gasteiger charge is -2.11. The van der Waals surface area contributed by atoms with Gasteiger partial charge in [-0.2, -0.15) is 0 Å². The van der Waals surface area contributed by atoms with Gasteiger partial charge in [0.25, 0.3) is 5.56 Å². The van der Waals surface area contributed by atoms with Gasteiger partial charge in [-0.25, -0.2) is 15.0 Å². The Balaban J connectivity index is 1.91. The van der Waals surface area contributed by atoms with E-state index in [1.54, 1.807) is 32.2 Å². The average molecular weight is 454 g/mol. The topological polar surface area (TPSA) is 74.8 Å². The fourth-order valence-corrected chi connectivity index (χ4v) is 4.08. The first-order valence-electron chi connectivity index (χ1n) is 9.62. The van der Waals surface area contributed by atoms with Crippen molar-refractivity contribution in [2.45, 2.75) is 13.5 Å². The third-order valence-corrected chi connectivity index (χ3v) is 5.95. The fourth-order valence-electron chi connectivity index (χ4n) is 3.79. The van der Waals surface area contributed by atoms with Crippen molar-refractivity contribution >= 4 is 56.4 Å². The summed E-state index contributed by atoms with van der Waals surface area (Å²) in [7, 11) is 1.63. The molecule has 0 aliphatic heterocycles. The highest BCUT2D eigenvalue weighted by atomic mass is 35.5. The summed E-state index contributed by atoms with van der Waals surface area (Å²) < 4.78 is 8.68. The molecule has 31 heavy (non-hydrogen) atoms. The summed E-state index contributed by atoms with van der Waals surface area (Å²) >= 11 is 12.3. The van der Waals surface area contributed by atoms with Gasteiger partial charge in [0.2, 0.25) is 0 Å². The van der Waals surface area contributed by atoms with Crippen molar-refractivity contribution in [3.8, 4) is 5.69 Å². The first-order chi connectivity index (χ1) is 15.0. The molecule has 0 bridgehead atoms. The average Bonchev–Trinajstić information content (AvgIpc) is 3.05. The summed E-state index contributed by atoms with van der Waals surface area (Å²) in [6.45, 7) is 2.72. The molecule has 156 valence electrons. The maximum absolute atomic E-state index is 13.7. The van der Waals surface area contributed by atoms with Crippen LogP contribution in [0.15, 0.2) is 47.3 Å². The summed E-state index contributed by atoms with van der Waals surface area (Å²) in [5, 5.41) is 1.18. The zero-order chi connectivity index (χ0) is 21.7. The van der Waals surface area contributed by atoms with Crippen LogP contribution in [-0.2, 0) is 11.3 Å². The van der Waals surface area contributed by atoms with E-state index in [9.17, 15) is 4.79 Å². The van der Waals surface area contributed by atoms with E-state index in [0.717, 1.165) is 5.52 Å². The normalized spacial score (nSPS) is 11.7. The Morgan fingerprint density at radius 3 is 2.42 bits per heavy atom. The van der Waals surface area contributed by atoms with Crippen LogP contribution in [0, 0.1) is 6.92 Å². The summed E-state index contributed by atoms with van der Waals surface area (Å²) in [5.41, 5.74) is 3.43. The molecule has 5 aromatic rings. The Morgan fingerprint density at radius 2 is 1.71 bits per heavy atom. The van der Waals surface area contributed by atoms with Gasteiger partial charge in [0.15, 0.2) is 11.3 Å². The van der Waals surface area contributed by atoms with E-state index in [-0.39, 0.29) is 5.56 Å². The van der Waals surface area contributed by atoms with Crippen LogP contribution in [0.3, 0.4) is 0 Å². The van der Waals surface area contributed by atoms with E-state index >= 15 is 0 Å². The van der Waals surface area contributed by atoms with Crippen LogP contribution in [0.5, 0.6) is 0 Å². The molecule has 9 heteroatoms. The molecule has 3 aromatic heterocycles. The molecule has 0 spiro atoms. The Bertz CT molecular complexity index is 1540. The number of aromatic nitrogens is 5. The highest BCUT2D eigenvalue weighted by Crippen LogP contribution is 2.28. The molecule has 0 aliphatic rings. The SMILES string of the molecule is COCCn1c2nc3ccccc3nc2c2c(=O)n(-c3ccc(Cl)c(Cl)c3)c(C)nc21. The molecule has 3 heterocycles. The first kappa shape index (κ1) is 19.9. The molecule has 5 rings (SSSR count). The summed E-state index contributed by atoms with van der Waals surface area (Å²) in [5.74, 6) is 0.516. The fraction of sp³-hybridized carbons (Fsp3) is 0.182. The summed E-state index contributed by atoms with van der Waals surface area (Å²) in [6, 6.07) is 12.6. The standard InChI is InChI=1S/C22H17Cl2N5O2/c1-12-25-20-18(22(30)29(12)13-7-8-14(23)15(24)11-13)19-21(28(20)9-10-31-2)27-17-6-4-3-5-16(17)26-19/h3-8,11H,9-10H2,1-2H3. The van der Waals surface area contributed by atoms with Gasteiger partial charge in [-0.1, -0.05) is 35.3 Å². The maximum Gasteiger partial charge on any atom is 0.269 e. The molecule has 0 radical (unpaired) electrons. The van der Waals surface area contributed by atoms with Gasteiger partial charge in [-0.15, -0.1) is 0 Å². The van der Waals surface area contributed by atoms with E-state index in [1.165, 1.54) is 4.57 Å². The van der Waals surface area contributed by atoms with Crippen LogP contribution in [0.25, 0.3) is 38.9 Å². The van der Waals surface area contributed by atoms with Crippen molar-refractivity contribution in [2.75, 3.05) is 13.7 Å². The Labute approximate surface area is 186 Å². The lowest BCUT2D eigenvalue weighted by atomic mass is 10.2. The van der Waals surface area contributed by atoms with Crippen LogP contribution in [0.1, 0.15) is 5.82 Å². The van der Waals surface area contributed by atoms with Gasteiger partial charge >= 0.3 is 0 Å². The lowest BCUT2D eigenvalue weighted by Crippen LogP contribution is -2.22. The van der Waals surface area contributed by atoms with E-state index in [4.69, 9.17) is 42.9 Å². The van der Waals surface area contributed by atoms with Crippen LogP contribution in [0.2, 0.25) is 10.0 Å². The zero-order valence-electron chi connectivity index (χ0n) is 16.8. The van der Waals surface area contributed by atoms with Crippen molar-refractivity contribution in [2.24, 2.45) is 0 Å². The third-order valence-electron chi connectivity index (χ3n) is 5.21. The number of benzene rings is 2. The van der Waals surface area contributed by atoms with Crippen LogP contribution >= 0.6 is 23.2 Å². The second-order valence-electron chi connectivity index (χ2n) is 7.13. The monoisotopic (exact) mass is 453 g/mol. The molecule has 0 amide bonds. The van der Waals surface area contributed by atoms with Gasteiger partial charge in [-0.05, 0) is 37.3 Å². The minimum atomic E-state index is -0.244. The number of ether oxygens (including phenoxy) is 1. The zero-order valence-corrected chi connectivity index (χ0v) is 18.3. The number of aryl methyl sites for hydroxylation is 1. The van der Waals surface area contributed by atoms with Gasteiger partial charge in [0.05, 0.1) is 33.4 Å². The number of fused-ring (bicyclic) bond motifs is 4. The molecule has 0 saturated carbocycles. The number of para-hydroxylation sites is 2. The van der Waals surface area contributed by atoms with Gasteiger partial charge in [0, 0.05) is 13.7 Å². The largest absolute Gasteiger partial charge is 0.383 e. The number of nitrogens with zero attached hydrogens (tertiary/aromatic N) is 5. The second-order valence-corrected chi connectivity index (χ2v) is 7.94. The van der Waals surface area contributed by atoms with E-state index in [1.807, 2.05) is 28.8 Å². The molecular weight excluding hydrogens is 437 g/mol. The highest BCUT2D eigenvalue weighted by molar-refractivity contribution is 6.42. The molecule has 2 aromatic carbocycles. The van der Waals surface area contributed by atoms with E-state index in [2.05, 4.69) is 0 Å². The summed E-state index contributed by atoms with van der Waals surface area (Å²) in [6.07, 6.45) is 0. The first-order valence-corrected chi connectivity index (χ1v) is 10.4. The van der Waals surface area contributed by atoms with Crippen molar-refractivity contribution in [1.82, 2.24) is 24.1 Å².